The Balaban J connectivity index is 1.88. The molecule has 0 saturated carbocycles. The number of thioether (sulfide) groups is 1. The van der Waals surface area contributed by atoms with Crippen molar-refractivity contribution in [2.24, 2.45) is 0 Å². The van der Waals surface area contributed by atoms with E-state index in [0.717, 1.165) is 21.8 Å². The zero-order valence-corrected chi connectivity index (χ0v) is 11.5. The molecule has 3 N–H and O–H groups in total. The van der Waals surface area contributed by atoms with Crippen molar-refractivity contribution in [3.05, 3.63) is 54.1 Å². The van der Waals surface area contributed by atoms with Crippen molar-refractivity contribution in [2.75, 3.05) is 16.8 Å². The average Bonchev–Trinajstić information content (AvgIpc) is 2.41. The van der Waals surface area contributed by atoms with Gasteiger partial charge in [0.2, 0.25) is 5.91 Å². The van der Waals surface area contributed by atoms with E-state index >= 15 is 0 Å². The van der Waals surface area contributed by atoms with E-state index in [4.69, 9.17) is 5.73 Å². The lowest BCUT2D eigenvalue weighted by atomic mass is 10.2. The predicted molar refractivity (Wildman–Crippen MR) is 81.4 cm³/mol. The van der Waals surface area contributed by atoms with Crippen LogP contribution in [-0.4, -0.2) is 11.7 Å². The van der Waals surface area contributed by atoms with E-state index in [0.29, 0.717) is 5.75 Å². The maximum atomic E-state index is 11.8. The number of nitrogens with two attached hydrogens (primary N) is 1. The number of para-hydroxylation sites is 1. The molecule has 0 heterocycles. The Morgan fingerprint density at radius 1 is 1.16 bits per heavy atom. The minimum Gasteiger partial charge on any atom is -0.399 e. The number of aryl methyl sites for hydroxylation is 1. The van der Waals surface area contributed by atoms with Gasteiger partial charge >= 0.3 is 0 Å². The summed E-state index contributed by atoms with van der Waals surface area (Å²) < 4.78 is 0. The van der Waals surface area contributed by atoms with Gasteiger partial charge in [-0.05, 0) is 42.8 Å². The number of carbonyl (C=O) groups is 1. The average molecular weight is 272 g/mol. The molecule has 2 aromatic carbocycles. The summed E-state index contributed by atoms with van der Waals surface area (Å²) in [7, 11) is 0. The van der Waals surface area contributed by atoms with E-state index in [1.54, 1.807) is 0 Å². The molecule has 0 radical (unpaired) electrons. The van der Waals surface area contributed by atoms with E-state index in [1.165, 1.54) is 11.8 Å². The predicted octanol–water partition coefficient (Wildman–Crippen LogP) is 3.31. The zero-order valence-electron chi connectivity index (χ0n) is 10.7. The van der Waals surface area contributed by atoms with Gasteiger partial charge < -0.3 is 11.1 Å². The molecule has 0 unspecified atom stereocenters. The molecule has 0 aliphatic heterocycles. The quantitative estimate of drug-likeness (QED) is 0.663. The largest absolute Gasteiger partial charge is 0.399 e. The first kappa shape index (κ1) is 13.5. The van der Waals surface area contributed by atoms with Gasteiger partial charge in [0, 0.05) is 16.3 Å². The van der Waals surface area contributed by atoms with Crippen molar-refractivity contribution in [3.8, 4) is 0 Å². The minimum atomic E-state index is -0.00359. The summed E-state index contributed by atoms with van der Waals surface area (Å²) in [5, 5.41) is 2.91. The number of anilines is 2. The molecule has 0 aliphatic carbocycles. The molecule has 0 aromatic heterocycles. The lowest BCUT2D eigenvalue weighted by Crippen LogP contribution is -2.14. The van der Waals surface area contributed by atoms with Crippen LogP contribution in [-0.2, 0) is 4.79 Å². The highest BCUT2D eigenvalue weighted by molar-refractivity contribution is 8.00. The van der Waals surface area contributed by atoms with Crippen molar-refractivity contribution >= 4 is 29.0 Å². The normalized spacial score (nSPS) is 10.2. The van der Waals surface area contributed by atoms with Gasteiger partial charge in [-0.15, -0.1) is 11.8 Å². The molecule has 0 spiro atoms. The number of hydrogen-bond donors (Lipinski definition) is 2. The fourth-order valence-electron chi connectivity index (χ4n) is 1.61. The Labute approximate surface area is 117 Å². The maximum absolute atomic E-state index is 11.8. The van der Waals surface area contributed by atoms with Crippen LogP contribution < -0.4 is 11.1 Å². The van der Waals surface area contributed by atoms with Crippen LogP contribution in [0.15, 0.2) is 53.4 Å². The molecule has 19 heavy (non-hydrogen) atoms. The number of hydrogen-bond acceptors (Lipinski definition) is 3. The third-order valence-corrected chi connectivity index (χ3v) is 3.68. The van der Waals surface area contributed by atoms with Crippen molar-refractivity contribution < 1.29 is 4.79 Å². The summed E-state index contributed by atoms with van der Waals surface area (Å²) >= 11 is 1.49. The number of nitrogens with one attached hydrogen (secondary N) is 1. The van der Waals surface area contributed by atoms with Crippen LogP contribution in [0, 0.1) is 6.92 Å². The van der Waals surface area contributed by atoms with Gasteiger partial charge in [0.05, 0.1) is 5.75 Å². The summed E-state index contributed by atoms with van der Waals surface area (Å²) in [5.74, 6) is 0.384. The van der Waals surface area contributed by atoms with Gasteiger partial charge in [-0.2, -0.15) is 0 Å². The Morgan fingerprint density at radius 3 is 2.53 bits per heavy atom. The first-order valence-electron chi connectivity index (χ1n) is 5.99. The zero-order chi connectivity index (χ0) is 13.7. The highest BCUT2D eigenvalue weighted by Crippen LogP contribution is 2.20. The third kappa shape index (κ3) is 4.03. The molecule has 98 valence electrons. The summed E-state index contributed by atoms with van der Waals surface area (Å²) in [6.07, 6.45) is 0. The number of rotatable bonds is 4. The number of carbonyl (C=O) groups excluding carboxylic acids is 1. The molecule has 1 amide bonds. The maximum Gasteiger partial charge on any atom is 0.234 e. The molecule has 0 aliphatic rings. The second-order valence-corrected chi connectivity index (χ2v) is 5.27. The molecule has 0 saturated heterocycles. The van der Waals surface area contributed by atoms with E-state index in [2.05, 4.69) is 5.32 Å². The smallest absolute Gasteiger partial charge is 0.234 e. The summed E-state index contributed by atoms with van der Waals surface area (Å²) in [6, 6.07) is 15.2. The second kappa shape index (κ2) is 6.29. The van der Waals surface area contributed by atoms with Crippen molar-refractivity contribution in [3.63, 3.8) is 0 Å². The lowest BCUT2D eigenvalue weighted by molar-refractivity contribution is -0.113. The molecular weight excluding hydrogens is 256 g/mol. The van der Waals surface area contributed by atoms with Crippen molar-refractivity contribution in [2.45, 2.75) is 11.8 Å². The minimum absolute atomic E-state index is 0.00359. The number of amides is 1. The van der Waals surface area contributed by atoms with E-state index in [1.807, 2.05) is 55.5 Å². The summed E-state index contributed by atoms with van der Waals surface area (Å²) in [6.45, 7) is 1.97. The molecule has 0 atom stereocenters. The van der Waals surface area contributed by atoms with E-state index < -0.39 is 0 Å². The Kier molecular flexibility index (Phi) is 4.47. The number of benzene rings is 2. The first-order chi connectivity index (χ1) is 9.15. The molecule has 0 bridgehead atoms. The number of nitrogen functional groups attached to an aromatic ring is 1. The molecule has 3 nitrogen and oxygen atoms in total. The third-order valence-electron chi connectivity index (χ3n) is 2.67. The van der Waals surface area contributed by atoms with Crippen LogP contribution in [0.25, 0.3) is 0 Å². The van der Waals surface area contributed by atoms with Crippen LogP contribution in [0.1, 0.15) is 5.56 Å². The summed E-state index contributed by atoms with van der Waals surface area (Å²) in [4.78, 5) is 12.9. The Bertz CT molecular complexity index is 567. The molecule has 4 heteroatoms. The van der Waals surface area contributed by atoms with E-state index in [9.17, 15) is 4.79 Å². The van der Waals surface area contributed by atoms with Gasteiger partial charge in [0.15, 0.2) is 0 Å². The fourth-order valence-corrected chi connectivity index (χ4v) is 2.31. The van der Waals surface area contributed by atoms with E-state index in [-0.39, 0.29) is 5.91 Å². The van der Waals surface area contributed by atoms with Gasteiger partial charge in [-0.1, -0.05) is 18.2 Å². The molecular formula is C15H16N2OS. The van der Waals surface area contributed by atoms with Crippen LogP contribution in [0.5, 0.6) is 0 Å². The van der Waals surface area contributed by atoms with Crippen LogP contribution in [0.2, 0.25) is 0 Å². The lowest BCUT2D eigenvalue weighted by Gasteiger charge is -2.07. The Hall–Kier alpha value is -1.94. The van der Waals surface area contributed by atoms with Gasteiger partial charge in [0.25, 0.3) is 0 Å². The van der Waals surface area contributed by atoms with Gasteiger partial charge in [0.1, 0.15) is 0 Å². The first-order valence-corrected chi connectivity index (χ1v) is 6.97. The standard InChI is InChI=1S/C15H16N2OS/c1-11-4-2-3-5-14(11)17-15(18)10-19-13-8-6-12(16)7-9-13/h2-9H,10,16H2,1H3,(H,17,18). The highest BCUT2D eigenvalue weighted by Gasteiger charge is 2.05. The monoisotopic (exact) mass is 272 g/mol. The Morgan fingerprint density at radius 2 is 1.84 bits per heavy atom. The fraction of sp³-hybridized carbons (Fsp3) is 0.133. The summed E-state index contributed by atoms with van der Waals surface area (Å²) in [5.41, 5.74) is 8.27. The molecule has 2 aromatic rings. The highest BCUT2D eigenvalue weighted by atomic mass is 32.2. The van der Waals surface area contributed by atoms with Gasteiger partial charge in [-0.3, -0.25) is 4.79 Å². The van der Waals surface area contributed by atoms with Crippen molar-refractivity contribution in [1.82, 2.24) is 0 Å². The molecule has 2 rings (SSSR count). The second-order valence-electron chi connectivity index (χ2n) is 4.22. The van der Waals surface area contributed by atoms with Crippen LogP contribution in [0.4, 0.5) is 11.4 Å². The van der Waals surface area contributed by atoms with Crippen LogP contribution in [0.3, 0.4) is 0 Å². The van der Waals surface area contributed by atoms with Crippen LogP contribution >= 0.6 is 11.8 Å². The topological polar surface area (TPSA) is 55.1 Å². The van der Waals surface area contributed by atoms with Crippen molar-refractivity contribution in [1.29, 1.82) is 0 Å². The van der Waals surface area contributed by atoms with Gasteiger partial charge in [-0.25, -0.2) is 0 Å². The SMILES string of the molecule is Cc1ccccc1NC(=O)CSc1ccc(N)cc1. The molecule has 0 fully saturated rings.